The van der Waals surface area contributed by atoms with Gasteiger partial charge in [0, 0.05) is 32.2 Å². The molecule has 0 atom stereocenters. The molecule has 0 amide bonds. The van der Waals surface area contributed by atoms with Crippen molar-refractivity contribution in [3.63, 3.8) is 0 Å². The summed E-state index contributed by atoms with van der Waals surface area (Å²) < 4.78 is 7.24. The number of nitrogens with zero attached hydrogens (tertiary/aromatic N) is 4. The second-order valence-electron chi connectivity index (χ2n) is 4.89. The van der Waals surface area contributed by atoms with E-state index in [0.29, 0.717) is 5.95 Å². The highest BCUT2D eigenvalue weighted by Gasteiger charge is 2.19. The van der Waals surface area contributed by atoms with Crippen LogP contribution >= 0.6 is 0 Å². The van der Waals surface area contributed by atoms with Crippen LogP contribution in [0.25, 0.3) is 11.0 Å². The number of benzene rings is 1. The van der Waals surface area contributed by atoms with Gasteiger partial charge >= 0.3 is 0 Å². The summed E-state index contributed by atoms with van der Waals surface area (Å²) in [6.45, 7) is 3.99. The van der Waals surface area contributed by atoms with Gasteiger partial charge < -0.3 is 20.4 Å². The average Bonchev–Trinajstić information content (AvgIpc) is 2.74. The van der Waals surface area contributed by atoms with Gasteiger partial charge in [0.2, 0.25) is 5.95 Å². The summed E-state index contributed by atoms with van der Waals surface area (Å²) in [6.07, 6.45) is 0. The topological polar surface area (TPSA) is 59.6 Å². The molecule has 0 unspecified atom stereocenters. The zero-order valence-corrected chi connectivity index (χ0v) is 11.3. The molecule has 6 heteroatoms. The lowest BCUT2D eigenvalue weighted by Crippen LogP contribution is -2.50. The highest BCUT2D eigenvalue weighted by molar-refractivity contribution is 5.80. The zero-order chi connectivity index (χ0) is 13.4. The Morgan fingerprint density at radius 1 is 1.21 bits per heavy atom. The van der Waals surface area contributed by atoms with E-state index in [4.69, 9.17) is 10.5 Å². The molecular formula is C13H19N5O. The van der Waals surface area contributed by atoms with Gasteiger partial charge in [-0.05, 0) is 19.2 Å². The lowest BCUT2D eigenvalue weighted by molar-refractivity contribution is 0.290. The number of imidazole rings is 1. The number of fused-ring (bicyclic) bond motifs is 1. The summed E-state index contributed by atoms with van der Waals surface area (Å²) in [7, 11) is 3.79. The van der Waals surface area contributed by atoms with Crippen LogP contribution in [0.1, 0.15) is 0 Å². The average molecular weight is 261 g/mol. The van der Waals surface area contributed by atoms with Gasteiger partial charge in [0.05, 0.1) is 18.1 Å². The highest BCUT2D eigenvalue weighted by Crippen LogP contribution is 2.23. The molecule has 3 rings (SSSR count). The molecule has 2 heterocycles. The van der Waals surface area contributed by atoms with Gasteiger partial charge in [-0.15, -0.1) is 0 Å². The quantitative estimate of drug-likeness (QED) is 0.853. The van der Waals surface area contributed by atoms with Crippen LogP contribution in [0.2, 0.25) is 0 Å². The normalized spacial score (nSPS) is 17.1. The minimum Gasteiger partial charge on any atom is -0.497 e. The summed E-state index contributed by atoms with van der Waals surface area (Å²) in [6, 6.07) is 5.87. The molecule has 102 valence electrons. The van der Waals surface area contributed by atoms with Crippen LogP contribution in [0, 0.1) is 0 Å². The first-order chi connectivity index (χ1) is 9.19. The first kappa shape index (κ1) is 12.1. The van der Waals surface area contributed by atoms with E-state index < -0.39 is 0 Å². The van der Waals surface area contributed by atoms with Crippen molar-refractivity contribution in [1.29, 1.82) is 0 Å². The molecule has 1 saturated heterocycles. The van der Waals surface area contributed by atoms with Crippen LogP contribution in [0.4, 0.5) is 5.95 Å². The van der Waals surface area contributed by atoms with Crippen molar-refractivity contribution < 1.29 is 4.74 Å². The molecule has 6 nitrogen and oxygen atoms in total. The Labute approximate surface area is 112 Å². The SMILES string of the molecule is COc1ccc2c(c1)nc(N)n2N1CCN(C)CC1. The number of ether oxygens (including phenoxy) is 1. The number of hydrogen-bond acceptors (Lipinski definition) is 5. The maximum Gasteiger partial charge on any atom is 0.220 e. The predicted molar refractivity (Wildman–Crippen MR) is 76.1 cm³/mol. The second kappa shape index (κ2) is 4.62. The van der Waals surface area contributed by atoms with Crippen molar-refractivity contribution >= 4 is 17.0 Å². The standard InChI is InChI=1S/C13H19N5O/c1-16-5-7-17(8-6-16)18-12-4-3-10(19-2)9-11(12)15-13(18)14/h3-4,9H,5-8H2,1-2H3,(H2,14,15). The number of piperazine rings is 1. The molecule has 1 aromatic carbocycles. The molecule has 1 aliphatic rings. The number of likely N-dealkylation sites (N-methyl/N-ethyl adjacent to an activating group) is 1. The maximum absolute atomic E-state index is 6.07. The van der Waals surface area contributed by atoms with E-state index >= 15 is 0 Å². The van der Waals surface area contributed by atoms with E-state index in [1.807, 2.05) is 22.9 Å². The number of hydrogen-bond donors (Lipinski definition) is 1. The Bertz CT molecular complexity index is 586. The molecule has 19 heavy (non-hydrogen) atoms. The van der Waals surface area contributed by atoms with E-state index in [1.165, 1.54) is 0 Å². The third-order valence-electron chi connectivity index (χ3n) is 3.63. The van der Waals surface area contributed by atoms with Crippen molar-refractivity contribution in [1.82, 2.24) is 14.6 Å². The van der Waals surface area contributed by atoms with E-state index in [2.05, 4.69) is 21.9 Å². The molecule has 1 fully saturated rings. The van der Waals surface area contributed by atoms with Crippen LogP contribution in [-0.4, -0.2) is 54.9 Å². The fraction of sp³-hybridized carbons (Fsp3) is 0.462. The Morgan fingerprint density at radius 2 is 1.95 bits per heavy atom. The summed E-state index contributed by atoms with van der Waals surface area (Å²) in [5, 5.41) is 2.25. The molecule has 0 spiro atoms. The minimum atomic E-state index is 0.535. The number of nitrogen functional groups attached to an aromatic ring is 1. The Morgan fingerprint density at radius 3 is 2.63 bits per heavy atom. The molecule has 2 N–H and O–H groups in total. The van der Waals surface area contributed by atoms with Gasteiger partial charge in [-0.1, -0.05) is 0 Å². The van der Waals surface area contributed by atoms with Crippen molar-refractivity contribution in [3.05, 3.63) is 18.2 Å². The third kappa shape index (κ3) is 2.08. The van der Waals surface area contributed by atoms with Gasteiger partial charge in [0.25, 0.3) is 0 Å². The second-order valence-corrected chi connectivity index (χ2v) is 4.89. The lowest BCUT2D eigenvalue weighted by Gasteiger charge is -2.35. The Balaban J connectivity index is 2.01. The van der Waals surface area contributed by atoms with E-state index in [9.17, 15) is 0 Å². The molecule has 1 aromatic heterocycles. The van der Waals surface area contributed by atoms with Crippen LogP contribution in [0.5, 0.6) is 5.75 Å². The lowest BCUT2D eigenvalue weighted by atomic mass is 10.3. The van der Waals surface area contributed by atoms with Gasteiger partial charge in [-0.3, -0.25) is 0 Å². The van der Waals surface area contributed by atoms with Crippen LogP contribution in [0.3, 0.4) is 0 Å². The van der Waals surface area contributed by atoms with Crippen LogP contribution in [0.15, 0.2) is 18.2 Å². The van der Waals surface area contributed by atoms with Crippen molar-refractivity contribution in [3.8, 4) is 5.75 Å². The number of rotatable bonds is 2. The number of methoxy groups -OCH3 is 1. The molecule has 2 aromatic rings. The summed E-state index contributed by atoms with van der Waals surface area (Å²) in [5.74, 6) is 1.34. The predicted octanol–water partition coefficient (Wildman–Crippen LogP) is 0.510. The summed E-state index contributed by atoms with van der Waals surface area (Å²) in [4.78, 5) is 6.74. The largest absolute Gasteiger partial charge is 0.497 e. The molecule has 0 saturated carbocycles. The van der Waals surface area contributed by atoms with Crippen LogP contribution in [-0.2, 0) is 0 Å². The Hall–Kier alpha value is -1.95. The fourth-order valence-electron chi connectivity index (χ4n) is 2.49. The minimum absolute atomic E-state index is 0.535. The highest BCUT2D eigenvalue weighted by atomic mass is 16.5. The van der Waals surface area contributed by atoms with Crippen LogP contribution < -0.4 is 15.5 Å². The molecule has 0 aliphatic carbocycles. The first-order valence-corrected chi connectivity index (χ1v) is 6.45. The van der Waals surface area contributed by atoms with Gasteiger partial charge in [0.1, 0.15) is 5.75 Å². The number of nitrogens with two attached hydrogens (primary N) is 1. The fourth-order valence-corrected chi connectivity index (χ4v) is 2.49. The van der Waals surface area contributed by atoms with E-state index in [-0.39, 0.29) is 0 Å². The molecule has 1 aliphatic heterocycles. The summed E-state index contributed by atoms with van der Waals surface area (Å²) in [5.41, 5.74) is 7.97. The molecule has 0 radical (unpaired) electrons. The molecule has 0 bridgehead atoms. The van der Waals surface area contributed by atoms with Crippen molar-refractivity contribution in [2.45, 2.75) is 0 Å². The molecular weight excluding hydrogens is 242 g/mol. The zero-order valence-electron chi connectivity index (χ0n) is 11.3. The Kier molecular flexibility index (Phi) is 2.94. The van der Waals surface area contributed by atoms with Crippen molar-refractivity contribution in [2.24, 2.45) is 0 Å². The smallest absolute Gasteiger partial charge is 0.220 e. The summed E-state index contributed by atoms with van der Waals surface area (Å²) >= 11 is 0. The van der Waals surface area contributed by atoms with Crippen molar-refractivity contribution in [2.75, 3.05) is 51.1 Å². The monoisotopic (exact) mass is 261 g/mol. The van der Waals surface area contributed by atoms with E-state index in [1.54, 1.807) is 7.11 Å². The van der Waals surface area contributed by atoms with Gasteiger partial charge in [-0.2, -0.15) is 0 Å². The first-order valence-electron chi connectivity index (χ1n) is 6.45. The number of anilines is 1. The number of aromatic nitrogens is 2. The van der Waals surface area contributed by atoms with Gasteiger partial charge in [-0.25, -0.2) is 9.66 Å². The third-order valence-corrected chi connectivity index (χ3v) is 3.63. The maximum atomic E-state index is 6.07. The van der Waals surface area contributed by atoms with E-state index in [0.717, 1.165) is 43.0 Å². The van der Waals surface area contributed by atoms with Gasteiger partial charge in [0.15, 0.2) is 0 Å².